The molecule has 19 heavy (non-hydrogen) atoms. The Balaban J connectivity index is 1.99. The third kappa shape index (κ3) is 3.50. The van der Waals surface area contributed by atoms with Crippen molar-refractivity contribution in [1.29, 1.82) is 0 Å². The van der Waals surface area contributed by atoms with Crippen molar-refractivity contribution in [3.05, 3.63) is 0 Å². The van der Waals surface area contributed by atoms with Gasteiger partial charge >= 0.3 is 0 Å². The molecule has 110 valence electrons. The molecular formula is C16H30N2O. The van der Waals surface area contributed by atoms with Gasteiger partial charge in [0.2, 0.25) is 5.91 Å². The van der Waals surface area contributed by atoms with Gasteiger partial charge in [-0.15, -0.1) is 0 Å². The first-order chi connectivity index (χ1) is 8.91. The minimum atomic E-state index is 0.171. The highest BCUT2D eigenvalue weighted by Crippen LogP contribution is 2.33. The fraction of sp³-hybridized carbons (Fsp3) is 0.938. The molecule has 0 aromatic carbocycles. The second-order valence-electron chi connectivity index (χ2n) is 7.40. The smallest absolute Gasteiger partial charge is 0.226 e. The topological polar surface area (TPSA) is 46.3 Å². The van der Waals surface area contributed by atoms with Crippen LogP contribution in [0.4, 0.5) is 0 Å². The summed E-state index contributed by atoms with van der Waals surface area (Å²) in [6.07, 6.45) is 6.74. The first-order valence-electron chi connectivity index (χ1n) is 7.95. The molecular weight excluding hydrogens is 236 g/mol. The molecule has 3 atom stereocenters. The summed E-state index contributed by atoms with van der Waals surface area (Å²) in [4.78, 5) is 14.9. The number of nitrogens with two attached hydrogens (primary N) is 1. The zero-order valence-electron chi connectivity index (χ0n) is 12.8. The summed E-state index contributed by atoms with van der Waals surface area (Å²) in [5, 5.41) is 0. The normalized spacial score (nSPS) is 35.8. The van der Waals surface area contributed by atoms with Gasteiger partial charge in [0.15, 0.2) is 0 Å². The quantitative estimate of drug-likeness (QED) is 0.793. The first-order valence-corrected chi connectivity index (χ1v) is 7.95. The van der Waals surface area contributed by atoms with Crippen LogP contribution in [-0.4, -0.2) is 29.9 Å². The predicted molar refractivity (Wildman–Crippen MR) is 78.7 cm³/mol. The molecule has 1 amide bonds. The van der Waals surface area contributed by atoms with E-state index in [1.165, 1.54) is 6.42 Å². The predicted octanol–water partition coefficient (Wildman–Crippen LogP) is 2.79. The third-order valence-electron chi connectivity index (χ3n) is 5.33. The minimum absolute atomic E-state index is 0.171. The third-order valence-corrected chi connectivity index (χ3v) is 5.33. The van der Waals surface area contributed by atoms with E-state index in [0.717, 1.165) is 45.2 Å². The maximum atomic E-state index is 12.7. The van der Waals surface area contributed by atoms with Crippen molar-refractivity contribution in [2.75, 3.05) is 13.1 Å². The van der Waals surface area contributed by atoms with Crippen LogP contribution in [0, 0.1) is 17.3 Å². The lowest BCUT2D eigenvalue weighted by Crippen LogP contribution is -2.46. The van der Waals surface area contributed by atoms with Gasteiger partial charge in [-0.25, -0.2) is 0 Å². The molecule has 0 radical (unpaired) electrons. The first kappa shape index (κ1) is 14.8. The van der Waals surface area contributed by atoms with Crippen LogP contribution in [0.25, 0.3) is 0 Å². The molecule has 2 aliphatic rings. The number of nitrogens with zero attached hydrogens (tertiary/aromatic N) is 1. The van der Waals surface area contributed by atoms with Gasteiger partial charge in [0, 0.05) is 25.0 Å². The molecule has 1 aliphatic heterocycles. The van der Waals surface area contributed by atoms with Crippen LogP contribution in [0.2, 0.25) is 0 Å². The van der Waals surface area contributed by atoms with Crippen molar-refractivity contribution in [2.24, 2.45) is 23.0 Å². The molecule has 1 saturated carbocycles. The Hall–Kier alpha value is -0.570. The summed E-state index contributed by atoms with van der Waals surface area (Å²) < 4.78 is 0. The van der Waals surface area contributed by atoms with Crippen LogP contribution in [0.1, 0.15) is 59.3 Å². The van der Waals surface area contributed by atoms with E-state index in [9.17, 15) is 4.79 Å². The van der Waals surface area contributed by atoms with Crippen LogP contribution in [0.3, 0.4) is 0 Å². The summed E-state index contributed by atoms with van der Waals surface area (Å²) >= 11 is 0. The van der Waals surface area contributed by atoms with E-state index < -0.39 is 0 Å². The van der Waals surface area contributed by atoms with Crippen molar-refractivity contribution >= 4 is 5.91 Å². The Bertz CT molecular complexity index is 327. The molecule has 3 unspecified atom stereocenters. The Kier molecular flexibility index (Phi) is 4.54. The molecule has 0 bridgehead atoms. The number of carbonyl (C=O) groups excluding carboxylic acids is 1. The molecule has 1 aliphatic carbocycles. The van der Waals surface area contributed by atoms with Gasteiger partial charge in [-0.2, -0.15) is 0 Å². The van der Waals surface area contributed by atoms with Crippen LogP contribution in [0.15, 0.2) is 0 Å². The fourth-order valence-electron chi connectivity index (χ4n) is 3.62. The van der Waals surface area contributed by atoms with Crippen molar-refractivity contribution in [3.63, 3.8) is 0 Å². The molecule has 2 rings (SSSR count). The minimum Gasteiger partial charge on any atom is -0.342 e. The summed E-state index contributed by atoms with van der Waals surface area (Å²) in [6.45, 7) is 8.68. The maximum absolute atomic E-state index is 12.7. The fourth-order valence-corrected chi connectivity index (χ4v) is 3.62. The van der Waals surface area contributed by atoms with Gasteiger partial charge in [0.1, 0.15) is 0 Å². The summed E-state index contributed by atoms with van der Waals surface area (Å²) in [7, 11) is 0. The van der Waals surface area contributed by atoms with E-state index in [4.69, 9.17) is 5.73 Å². The van der Waals surface area contributed by atoms with Gasteiger partial charge < -0.3 is 10.6 Å². The van der Waals surface area contributed by atoms with Crippen LogP contribution >= 0.6 is 0 Å². The SMILES string of the molecule is CC1C(N)CCCC1C(=O)N1CCCC(C)(C)CC1. The lowest BCUT2D eigenvalue weighted by Gasteiger charge is -2.36. The number of hydrogen-bond acceptors (Lipinski definition) is 2. The van der Waals surface area contributed by atoms with Gasteiger partial charge in [-0.05, 0) is 43.4 Å². The zero-order chi connectivity index (χ0) is 14.0. The number of amides is 1. The molecule has 1 saturated heterocycles. The standard InChI is InChI=1S/C16H30N2O/c1-12-13(6-4-7-14(12)17)15(19)18-10-5-8-16(2,3)9-11-18/h12-14H,4-11,17H2,1-3H3. The van der Waals surface area contributed by atoms with E-state index in [1.807, 2.05) is 0 Å². The van der Waals surface area contributed by atoms with Crippen molar-refractivity contribution in [3.8, 4) is 0 Å². The van der Waals surface area contributed by atoms with Crippen LogP contribution < -0.4 is 5.73 Å². The lowest BCUT2D eigenvalue weighted by molar-refractivity contribution is -0.138. The van der Waals surface area contributed by atoms with E-state index in [2.05, 4.69) is 25.7 Å². The maximum Gasteiger partial charge on any atom is 0.226 e. The highest BCUT2D eigenvalue weighted by atomic mass is 16.2. The van der Waals surface area contributed by atoms with Gasteiger partial charge in [-0.1, -0.05) is 27.2 Å². The van der Waals surface area contributed by atoms with Crippen LogP contribution in [0.5, 0.6) is 0 Å². The molecule has 2 N–H and O–H groups in total. The summed E-state index contributed by atoms with van der Waals surface area (Å²) in [5.74, 6) is 0.892. The summed E-state index contributed by atoms with van der Waals surface area (Å²) in [6, 6.07) is 0.214. The monoisotopic (exact) mass is 266 g/mol. The van der Waals surface area contributed by atoms with Crippen molar-refractivity contribution in [2.45, 2.75) is 65.3 Å². The molecule has 0 spiro atoms. The Morgan fingerprint density at radius 1 is 1.16 bits per heavy atom. The number of hydrogen-bond donors (Lipinski definition) is 1. The number of rotatable bonds is 1. The average Bonchev–Trinajstić information content (AvgIpc) is 2.53. The number of likely N-dealkylation sites (tertiary alicyclic amines) is 1. The molecule has 2 fully saturated rings. The molecule has 0 aromatic rings. The van der Waals surface area contributed by atoms with Gasteiger partial charge in [-0.3, -0.25) is 4.79 Å². The molecule has 3 heteroatoms. The second-order valence-corrected chi connectivity index (χ2v) is 7.40. The Labute approximate surface area is 117 Å². The zero-order valence-corrected chi connectivity index (χ0v) is 12.8. The van der Waals surface area contributed by atoms with E-state index in [1.54, 1.807) is 0 Å². The largest absolute Gasteiger partial charge is 0.342 e. The average molecular weight is 266 g/mol. The van der Waals surface area contributed by atoms with E-state index >= 15 is 0 Å². The Morgan fingerprint density at radius 2 is 1.89 bits per heavy atom. The highest BCUT2D eigenvalue weighted by Gasteiger charge is 2.36. The van der Waals surface area contributed by atoms with Gasteiger partial charge in [0.25, 0.3) is 0 Å². The molecule has 3 nitrogen and oxygen atoms in total. The van der Waals surface area contributed by atoms with Crippen molar-refractivity contribution in [1.82, 2.24) is 4.90 Å². The Morgan fingerprint density at radius 3 is 2.63 bits per heavy atom. The van der Waals surface area contributed by atoms with Crippen molar-refractivity contribution < 1.29 is 4.79 Å². The molecule has 0 aromatic heterocycles. The second kappa shape index (κ2) is 5.82. The van der Waals surface area contributed by atoms with E-state index in [-0.39, 0.29) is 12.0 Å². The highest BCUT2D eigenvalue weighted by molar-refractivity contribution is 5.79. The lowest BCUT2D eigenvalue weighted by atomic mass is 9.76. The number of carbonyl (C=O) groups is 1. The van der Waals surface area contributed by atoms with Gasteiger partial charge in [0.05, 0.1) is 0 Å². The van der Waals surface area contributed by atoms with Crippen LogP contribution in [-0.2, 0) is 4.79 Å². The molecule has 1 heterocycles. The van der Waals surface area contributed by atoms with E-state index in [0.29, 0.717) is 17.2 Å². The summed E-state index contributed by atoms with van der Waals surface area (Å²) in [5.41, 5.74) is 6.53.